The lowest BCUT2D eigenvalue weighted by Crippen LogP contribution is -2.36. The highest BCUT2D eigenvalue weighted by Crippen LogP contribution is 2.22. The smallest absolute Gasteiger partial charge is 0.213 e. The molecule has 2 N–H and O–H groups in total. The molecule has 6 nitrogen and oxygen atoms in total. The van der Waals surface area contributed by atoms with Crippen LogP contribution in [-0.2, 0) is 18.5 Å². The molecule has 29 heavy (non-hydrogen) atoms. The zero-order valence-corrected chi connectivity index (χ0v) is 17.6. The molecule has 0 saturated carbocycles. The van der Waals surface area contributed by atoms with Gasteiger partial charge in [-0.1, -0.05) is 45.0 Å². The monoisotopic (exact) mass is 391 g/mol. The van der Waals surface area contributed by atoms with Crippen LogP contribution in [0.5, 0.6) is 0 Å². The van der Waals surface area contributed by atoms with Crippen LogP contribution in [0.2, 0.25) is 0 Å². The third-order valence-corrected chi connectivity index (χ3v) is 4.35. The van der Waals surface area contributed by atoms with Gasteiger partial charge in [-0.15, -0.1) is 0 Å². The molecule has 2 aromatic heterocycles. The van der Waals surface area contributed by atoms with Crippen LogP contribution in [0.1, 0.15) is 44.9 Å². The van der Waals surface area contributed by atoms with Crippen molar-refractivity contribution >= 4 is 5.96 Å². The summed E-state index contributed by atoms with van der Waals surface area (Å²) >= 11 is 0. The van der Waals surface area contributed by atoms with E-state index in [4.69, 9.17) is 9.41 Å². The molecule has 0 aliphatic heterocycles. The van der Waals surface area contributed by atoms with Gasteiger partial charge in [0.1, 0.15) is 5.76 Å². The Morgan fingerprint density at radius 1 is 1.07 bits per heavy atom. The van der Waals surface area contributed by atoms with Gasteiger partial charge in [-0.25, -0.2) is 9.98 Å². The Hall–Kier alpha value is -3.15. The minimum absolute atomic E-state index is 0.0531. The molecule has 6 heteroatoms. The number of oxazole rings is 1. The first kappa shape index (κ1) is 20.6. The molecular formula is C23H29N5O. The molecule has 0 radical (unpaired) electrons. The lowest BCUT2D eigenvalue weighted by atomic mass is 9.94. The van der Waals surface area contributed by atoms with Gasteiger partial charge < -0.3 is 15.1 Å². The van der Waals surface area contributed by atoms with Crippen molar-refractivity contribution < 1.29 is 4.42 Å². The molecule has 3 rings (SSSR count). The van der Waals surface area contributed by atoms with Crippen LogP contribution in [0, 0.1) is 0 Å². The maximum Gasteiger partial charge on any atom is 0.213 e. The maximum atomic E-state index is 5.84. The Labute approximate surface area is 172 Å². The van der Waals surface area contributed by atoms with E-state index in [1.165, 1.54) is 0 Å². The number of aliphatic imine (C=N–C) groups is 1. The van der Waals surface area contributed by atoms with E-state index in [1.807, 2.05) is 31.2 Å². The Morgan fingerprint density at radius 2 is 1.93 bits per heavy atom. The second-order valence-corrected chi connectivity index (χ2v) is 7.83. The number of pyridine rings is 1. The molecule has 3 aromatic rings. The molecule has 152 valence electrons. The number of hydrogen-bond donors (Lipinski definition) is 2. The Bertz CT molecular complexity index is 941. The Kier molecular flexibility index (Phi) is 6.65. The van der Waals surface area contributed by atoms with Crippen molar-refractivity contribution in [1.29, 1.82) is 0 Å². The van der Waals surface area contributed by atoms with Crippen LogP contribution in [0.3, 0.4) is 0 Å². The number of rotatable bonds is 6. The van der Waals surface area contributed by atoms with Crippen molar-refractivity contribution in [1.82, 2.24) is 20.6 Å². The van der Waals surface area contributed by atoms with Gasteiger partial charge in [0.2, 0.25) is 5.89 Å². The molecule has 0 unspecified atom stereocenters. The predicted octanol–water partition coefficient (Wildman–Crippen LogP) is 4.29. The maximum absolute atomic E-state index is 5.84. The topological polar surface area (TPSA) is 75.3 Å². The van der Waals surface area contributed by atoms with E-state index < -0.39 is 0 Å². The summed E-state index contributed by atoms with van der Waals surface area (Å²) in [5.41, 5.74) is 3.12. The van der Waals surface area contributed by atoms with E-state index in [9.17, 15) is 0 Å². The van der Waals surface area contributed by atoms with E-state index in [2.05, 4.69) is 59.6 Å². The van der Waals surface area contributed by atoms with Crippen LogP contribution in [-0.4, -0.2) is 22.5 Å². The molecule has 0 aliphatic rings. The molecule has 0 amide bonds. The van der Waals surface area contributed by atoms with Crippen molar-refractivity contribution in [2.24, 2.45) is 4.99 Å². The third kappa shape index (κ3) is 5.91. The number of guanidine groups is 1. The summed E-state index contributed by atoms with van der Waals surface area (Å²) in [6.45, 7) is 10.2. The number of nitrogens with one attached hydrogen (secondary N) is 2. The van der Waals surface area contributed by atoms with Gasteiger partial charge in [-0.3, -0.25) is 4.98 Å². The first-order valence-corrected chi connectivity index (χ1v) is 9.93. The quantitative estimate of drug-likeness (QED) is 0.484. The molecule has 0 saturated heterocycles. The SMILES string of the molecule is CCNC(=NCc1cccc(-c2ccccn2)c1)NCc1ncc(C(C)(C)C)o1. The summed E-state index contributed by atoms with van der Waals surface area (Å²) in [4.78, 5) is 13.5. The van der Waals surface area contributed by atoms with E-state index in [-0.39, 0.29) is 5.41 Å². The van der Waals surface area contributed by atoms with Crippen molar-refractivity contribution in [3.05, 3.63) is 72.1 Å². The Balaban J connectivity index is 1.66. The zero-order valence-electron chi connectivity index (χ0n) is 17.6. The minimum Gasteiger partial charge on any atom is -0.443 e. The fourth-order valence-corrected chi connectivity index (χ4v) is 2.77. The van der Waals surface area contributed by atoms with Crippen molar-refractivity contribution in [2.75, 3.05) is 6.54 Å². The highest BCUT2D eigenvalue weighted by atomic mass is 16.4. The van der Waals surface area contributed by atoms with E-state index in [0.29, 0.717) is 19.0 Å². The number of benzene rings is 1. The standard InChI is InChI=1S/C23H29N5O/c1-5-24-22(28-16-21-26-15-20(29-21)23(2,3)4)27-14-17-9-8-10-18(13-17)19-11-6-7-12-25-19/h6-13,15H,5,14,16H2,1-4H3,(H2,24,27,28). The first-order chi connectivity index (χ1) is 14.0. The van der Waals surface area contributed by atoms with Gasteiger partial charge >= 0.3 is 0 Å². The normalized spacial score (nSPS) is 12.1. The van der Waals surface area contributed by atoms with Gasteiger partial charge in [0.25, 0.3) is 0 Å². The van der Waals surface area contributed by atoms with Gasteiger partial charge in [-0.2, -0.15) is 0 Å². The molecule has 0 aliphatic carbocycles. The van der Waals surface area contributed by atoms with Gasteiger partial charge in [0.05, 0.1) is 25.0 Å². The summed E-state index contributed by atoms with van der Waals surface area (Å²) < 4.78 is 5.84. The fourth-order valence-electron chi connectivity index (χ4n) is 2.77. The zero-order chi connectivity index (χ0) is 20.7. The van der Waals surface area contributed by atoms with Crippen LogP contribution >= 0.6 is 0 Å². The highest BCUT2D eigenvalue weighted by Gasteiger charge is 2.19. The summed E-state index contributed by atoms with van der Waals surface area (Å²) in [6, 6.07) is 14.2. The highest BCUT2D eigenvalue weighted by molar-refractivity contribution is 5.79. The summed E-state index contributed by atoms with van der Waals surface area (Å²) in [7, 11) is 0. The summed E-state index contributed by atoms with van der Waals surface area (Å²) in [6.07, 6.45) is 3.60. The third-order valence-electron chi connectivity index (χ3n) is 4.35. The number of nitrogens with zero attached hydrogens (tertiary/aromatic N) is 3. The summed E-state index contributed by atoms with van der Waals surface area (Å²) in [5.74, 6) is 2.26. The van der Waals surface area contributed by atoms with E-state index >= 15 is 0 Å². The van der Waals surface area contributed by atoms with Crippen molar-refractivity contribution in [3.63, 3.8) is 0 Å². The molecular weight excluding hydrogens is 362 g/mol. The van der Waals surface area contributed by atoms with E-state index in [1.54, 1.807) is 12.4 Å². The molecule has 0 bridgehead atoms. The lowest BCUT2D eigenvalue weighted by molar-refractivity contribution is 0.379. The summed E-state index contributed by atoms with van der Waals surface area (Å²) in [5, 5.41) is 6.55. The van der Waals surface area contributed by atoms with Crippen LogP contribution in [0.4, 0.5) is 0 Å². The second kappa shape index (κ2) is 9.37. The number of hydrogen-bond acceptors (Lipinski definition) is 4. The molecule has 0 fully saturated rings. The van der Waals surface area contributed by atoms with Crippen LogP contribution in [0.15, 0.2) is 64.3 Å². The van der Waals surface area contributed by atoms with Gasteiger partial charge in [0, 0.05) is 23.7 Å². The van der Waals surface area contributed by atoms with Crippen molar-refractivity contribution in [2.45, 2.75) is 46.2 Å². The molecule has 0 spiro atoms. The second-order valence-electron chi connectivity index (χ2n) is 7.83. The first-order valence-electron chi connectivity index (χ1n) is 9.93. The molecule has 0 atom stereocenters. The molecule has 2 heterocycles. The minimum atomic E-state index is -0.0531. The average molecular weight is 392 g/mol. The predicted molar refractivity (Wildman–Crippen MR) is 117 cm³/mol. The molecule has 1 aromatic carbocycles. The van der Waals surface area contributed by atoms with E-state index in [0.717, 1.165) is 35.1 Å². The van der Waals surface area contributed by atoms with Crippen molar-refractivity contribution in [3.8, 4) is 11.3 Å². The lowest BCUT2D eigenvalue weighted by Gasteiger charge is -2.13. The van der Waals surface area contributed by atoms with Crippen LogP contribution in [0.25, 0.3) is 11.3 Å². The van der Waals surface area contributed by atoms with Gasteiger partial charge in [-0.05, 0) is 30.7 Å². The number of aromatic nitrogens is 2. The van der Waals surface area contributed by atoms with Gasteiger partial charge in [0.15, 0.2) is 5.96 Å². The largest absolute Gasteiger partial charge is 0.443 e. The average Bonchev–Trinajstić information content (AvgIpc) is 3.21. The van der Waals surface area contributed by atoms with Crippen LogP contribution < -0.4 is 10.6 Å². The Morgan fingerprint density at radius 3 is 2.62 bits per heavy atom. The fraction of sp³-hybridized carbons (Fsp3) is 0.348.